The number of carbonyl (C=O) groups is 1. The summed E-state index contributed by atoms with van der Waals surface area (Å²) >= 11 is 0. The number of ether oxygens (including phenoxy) is 2. The van der Waals surface area contributed by atoms with Crippen LogP contribution in [0.1, 0.15) is 36.7 Å². The molecule has 32 heavy (non-hydrogen) atoms. The highest BCUT2D eigenvalue weighted by molar-refractivity contribution is 5.90. The van der Waals surface area contributed by atoms with Gasteiger partial charge in [-0.15, -0.1) is 0 Å². The number of benzene rings is 2. The number of esters is 1. The van der Waals surface area contributed by atoms with Crippen molar-refractivity contribution in [2.24, 2.45) is 10.9 Å². The summed E-state index contributed by atoms with van der Waals surface area (Å²) in [6.07, 6.45) is 5.91. The zero-order valence-electron chi connectivity index (χ0n) is 19.0. The molecule has 2 aromatic rings. The van der Waals surface area contributed by atoms with E-state index in [1.54, 1.807) is 24.3 Å². The van der Waals surface area contributed by atoms with E-state index in [0.717, 1.165) is 28.4 Å². The first kappa shape index (κ1) is 22.9. The fourth-order valence-electron chi connectivity index (χ4n) is 3.07. The first-order valence-corrected chi connectivity index (χ1v) is 10.5. The normalized spacial score (nSPS) is 13.8. The average Bonchev–Trinajstić information content (AvgIpc) is 2.79. The molecule has 2 aromatic carbocycles. The molecule has 0 amide bonds. The van der Waals surface area contributed by atoms with Gasteiger partial charge in [0.1, 0.15) is 11.6 Å². The molecule has 166 valence electrons. The Morgan fingerprint density at radius 1 is 1.12 bits per heavy atom. The van der Waals surface area contributed by atoms with Gasteiger partial charge in [-0.1, -0.05) is 26.5 Å². The maximum atomic E-state index is 11.6. The molecule has 0 aliphatic carbocycles. The van der Waals surface area contributed by atoms with Crippen LogP contribution < -0.4 is 10.2 Å². The van der Waals surface area contributed by atoms with E-state index in [9.17, 15) is 4.79 Å². The number of methoxy groups -OCH3 is 1. The fourth-order valence-corrected chi connectivity index (χ4v) is 3.07. The molecule has 0 saturated carbocycles. The van der Waals surface area contributed by atoms with Crippen molar-refractivity contribution in [2.75, 3.05) is 13.7 Å². The highest BCUT2D eigenvalue weighted by atomic mass is 16.5. The number of allylic oxidation sites excluding steroid dienone is 3. The molecular weight excluding hydrogens is 402 g/mol. The van der Waals surface area contributed by atoms with E-state index >= 15 is 0 Å². The molecule has 1 heterocycles. The molecule has 0 spiro atoms. The molecule has 0 atom stereocenters. The van der Waals surface area contributed by atoms with Crippen molar-refractivity contribution in [1.29, 1.82) is 0 Å². The van der Waals surface area contributed by atoms with Crippen LogP contribution in [0.15, 0.2) is 84.0 Å². The largest absolute Gasteiger partial charge is 0.493 e. The minimum absolute atomic E-state index is 0.373. The van der Waals surface area contributed by atoms with E-state index in [1.165, 1.54) is 7.11 Å². The first-order valence-electron chi connectivity index (χ1n) is 10.5. The highest BCUT2D eigenvalue weighted by Gasteiger charge is 2.17. The van der Waals surface area contributed by atoms with Gasteiger partial charge >= 0.3 is 5.97 Å². The Kier molecular flexibility index (Phi) is 7.49. The lowest BCUT2D eigenvalue weighted by molar-refractivity contribution is 0.0601. The van der Waals surface area contributed by atoms with Gasteiger partial charge in [-0.25, -0.2) is 9.79 Å². The monoisotopic (exact) mass is 431 g/mol. The Bertz CT molecular complexity index is 1050. The van der Waals surface area contributed by atoms with Crippen LogP contribution in [0.2, 0.25) is 0 Å². The molecule has 1 aliphatic rings. The lowest BCUT2D eigenvalue weighted by atomic mass is 10.1. The van der Waals surface area contributed by atoms with Gasteiger partial charge in [0.25, 0.3) is 0 Å². The van der Waals surface area contributed by atoms with Crippen molar-refractivity contribution < 1.29 is 14.3 Å². The third-order valence-corrected chi connectivity index (χ3v) is 4.66. The molecule has 0 unspecified atom stereocenters. The Morgan fingerprint density at radius 3 is 2.44 bits per heavy atom. The third kappa shape index (κ3) is 5.88. The summed E-state index contributed by atoms with van der Waals surface area (Å²) in [5.74, 6) is 1.63. The Labute approximate surface area is 189 Å². The molecule has 1 aliphatic heterocycles. The second kappa shape index (κ2) is 10.5. The Hall–Kier alpha value is -3.80. The van der Waals surface area contributed by atoms with E-state index in [2.05, 4.69) is 30.8 Å². The summed E-state index contributed by atoms with van der Waals surface area (Å²) < 4.78 is 10.5. The van der Waals surface area contributed by atoms with Crippen LogP contribution in [-0.4, -0.2) is 30.5 Å². The molecule has 0 radical (unpaired) electrons. The number of hydrogen-bond acceptors (Lipinski definition) is 5. The summed E-state index contributed by atoms with van der Waals surface area (Å²) in [6.45, 7) is 11.0. The number of nitrogens with zero attached hydrogens (tertiary/aromatic N) is 2. The van der Waals surface area contributed by atoms with Crippen molar-refractivity contribution in [2.45, 2.75) is 20.8 Å². The van der Waals surface area contributed by atoms with Crippen molar-refractivity contribution in [3.05, 3.63) is 90.2 Å². The van der Waals surface area contributed by atoms with Crippen LogP contribution in [0.5, 0.6) is 5.75 Å². The molecule has 0 saturated heterocycles. The van der Waals surface area contributed by atoms with E-state index in [4.69, 9.17) is 9.47 Å². The van der Waals surface area contributed by atoms with Gasteiger partial charge in [0.2, 0.25) is 0 Å². The van der Waals surface area contributed by atoms with Gasteiger partial charge < -0.3 is 9.47 Å². The lowest BCUT2D eigenvalue weighted by Crippen LogP contribution is -2.39. The zero-order chi connectivity index (χ0) is 23.1. The minimum Gasteiger partial charge on any atom is -0.493 e. The zero-order valence-corrected chi connectivity index (χ0v) is 19.0. The van der Waals surface area contributed by atoms with Gasteiger partial charge in [0.15, 0.2) is 0 Å². The van der Waals surface area contributed by atoms with Crippen LogP contribution in [0.3, 0.4) is 0 Å². The van der Waals surface area contributed by atoms with Crippen LogP contribution in [0, 0.1) is 5.92 Å². The number of hydrogen-bond donors (Lipinski definition) is 1. The fraction of sp³-hybridized carbons (Fsp3) is 0.231. The minimum atomic E-state index is -0.373. The number of amidine groups is 1. The maximum absolute atomic E-state index is 11.6. The number of carbonyl (C=O) groups excluding carboxylic acids is 1. The first-order chi connectivity index (χ1) is 15.4. The average molecular weight is 432 g/mol. The number of rotatable bonds is 7. The molecule has 6 nitrogen and oxygen atoms in total. The SMILES string of the molecule is C=C1C=CC=C(c2ccc(OCC(C)C)cc2)N1NC(C)=Nc1ccc(C(=O)OC)cc1. The van der Waals surface area contributed by atoms with Crippen molar-refractivity contribution in [3.63, 3.8) is 0 Å². The predicted octanol–water partition coefficient (Wildman–Crippen LogP) is 5.49. The highest BCUT2D eigenvalue weighted by Crippen LogP contribution is 2.27. The molecule has 6 heteroatoms. The molecule has 0 bridgehead atoms. The van der Waals surface area contributed by atoms with Crippen LogP contribution in [0.25, 0.3) is 5.70 Å². The van der Waals surface area contributed by atoms with Crippen LogP contribution in [-0.2, 0) is 4.74 Å². The van der Waals surface area contributed by atoms with Gasteiger partial charge in [0.05, 0.1) is 36.4 Å². The molecule has 1 N–H and O–H groups in total. The summed E-state index contributed by atoms with van der Waals surface area (Å²) in [4.78, 5) is 16.2. The molecular formula is C26H29N3O3. The van der Waals surface area contributed by atoms with Crippen molar-refractivity contribution in [3.8, 4) is 5.75 Å². The second-order valence-electron chi connectivity index (χ2n) is 7.81. The quantitative estimate of drug-likeness (QED) is 0.357. The lowest BCUT2D eigenvalue weighted by Gasteiger charge is -2.31. The maximum Gasteiger partial charge on any atom is 0.337 e. The van der Waals surface area contributed by atoms with Gasteiger partial charge in [-0.2, -0.15) is 0 Å². The number of hydrazine groups is 1. The van der Waals surface area contributed by atoms with Crippen molar-refractivity contribution >= 4 is 23.2 Å². The summed E-state index contributed by atoms with van der Waals surface area (Å²) in [7, 11) is 1.36. The van der Waals surface area contributed by atoms with E-state index in [0.29, 0.717) is 23.9 Å². The van der Waals surface area contributed by atoms with Gasteiger partial charge in [-0.05, 0) is 73.5 Å². The molecule has 0 aromatic heterocycles. The van der Waals surface area contributed by atoms with E-state index in [-0.39, 0.29) is 5.97 Å². The van der Waals surface area contributed by atoms with E-state index < -0.39 is 0 Å². The Balaban J connectivity index is 1.74. The summed E-state index contributed by atoms with van der Waals surface area (Å²) in [5, 5.41) is 1.89. The topological polar surface area (TPSA) is 63.2 Å². The third-order valence-electron chi connectivity index (χ3n) is 4.66. The summed E-state index contributed by atoms with van der Waals surface area (Å²) in [6, 6.07) is 14.9. The number of nitrogens with one attached hydrogen (secondary N) is 1. The Morgan fingerprint density at radius 2 is 1.81 bits per heavy atom. The van der Waals surface area contributed by atoms with Crippen molar-refractivity contribution in [1.82, 2.24) is 10.4 Å². The predicted molar refractivity (Wildman–Crippen MR) is 129 cm³/mol. The molecule has 3 rings (SSSR count). The van der Waals surface area contributed by atoms with Gasteiger partial charge in [0, 0.05) is 5.56 Å². The second-order valence-corrected chi connectivity index (χ2v) is 7.81. The smallest absolute Gasteiger partial charge is 0.337 e. The standard InChI is InChI=1S/C26H29N3O3/c1-18(2)17-32-24-15-11-21(12-16-24)25-8-6-7-19(3)29(25)28-20(4)27-23-13-9-22(10-14-23)26(30)31-5/h6-16,18H,3,17H2,1-2,4-5H3,(H,27,28). The number of aliphatic imine (C=N–C) groups is 1. The summed E-state index contributed by atoms with van der Waals surface area (Å²) in [5.41, 5.74) is 7.28. The molecule has 0 fully saturated rings. The van der Waals surface area contributed by atoms with E-state index in [1.807, 2.05) is 54.4 Å². The van der Waals surface area contributed by atoms with Gasteiger partial charge in [-0.3, -0.25) is 10.4 Å². The van der Waals surface area contributed by atoms with Crippen LogP contribution in [0.4, 0.5) is 5.69 Å². The van der Waals surface area contributed by atoms with Crippen LogP contribution >= 0.6 is 0 Å².